The Morgan fingerprint density at radius 2 is 1.81 bits per heavy atom. The maximum Gasteiger partial charge on any atom is 0.276 e. The minimum Gasteiger partial charge on any atom is -0.491 e. The molecule has 1 aromatic carbocycles. The number of hydrogen-bond donors (Lipinski definition) is 1. The second kappa shape index (κ2) is 7.45. The molecule has 7 heteroatoms. The van der Waals surface area contributed by atoms with Crippen LogP contribution in [0.25, 0.3) is 5.69 Å². The Bertz CT molecular complexity index is 759. The first-order valence-corrected chi connectivity index (χ1v) is 9.10. The van der Waals surface area contributed by atoms with Crippen LogP contribution in [-0.2, 0) is 0 Å². The summed E-state index contributed by atoms with van der Waals surface area (Å²) in [4.78, 5) is 14.7. The number of piperazine rings is 1. The highest BCUT2D eigenvalue weighted by Crippen LogP contribution is 2.19. The second-order valence-corrected chi connectivity index (χ2v) is 7.27. The van der Waals surface area contributed by atoms with Crippen LogP contribution in [0.15, 0.2) is 24.3 Å². The third-order valence-electron chi connectivity index (χ3n) is 4.39. The number of carbonyl (C=O) groups is 1. The molecule has 0 spiro atoms. The van der Waals surface area contributed by atoms with Gasteiger partial charge in [-0.05, 0) is 58.9 Å². The van der Waals surface area contributed by atoms with E-state index in [1.165, 1.54) is 0 Å². The standard InChI is InChI=1S/C19H27N5O2/c1-12(2)26-17-8-6-16(7-9-17)24-15(5)18(21-22-24)19(25)23-10-13(3)20-14(4)11-23/h6-9,12-14,20H,10-11H2,1-5H3/t13-,14+. The van der Waals surface area contributed by atoms with E-state index in [4.69, 9.17) is 4.74 Å². The van der Waals surface area contributed by atoms with Crippen LogP contribution in [-0.4, -0.2) is 57.1 Å². The highest BCUT2D eigenvalue weighted by atomic mass is 16.5. The molecule has 0 unspecified atom stereocenters. The van der Waals surface area contributed by atoms with Gasteiger partial charge in [0, 0.05) is 25.2 Å². The summed E-state index contributed by atoms with van der Waals surface area (Å²) >= 11 is 0. The number of rotatable bonds is 4. The summed E-state index contributed by atoms with van der Waals surface area (Å²) in [5.74, 6) is 0.746. The predicted octanol–water partition coefficient (Wildman–Crippen LogP) is 2.19. The summed E-state index contributed by atoms with van der Waals surface area (Å²) in [6, 6.07) is 8.18. The van der Waals surface area contributed by atoms with Crippen molar-refractivity contribution >= 4 is 5.91 Å². The van der Waals surface area contributed by atoms with Crippen molar-refractivity contribution in [3.8, 4) is 11.4 Å². The van der Waals surface area contributed by atoms with Gasteiger partial charge in [-0.25, -0.2) is 4.68 Å². The molecule has 7 nitrogen and oxygen atoms in total. The van der Waals surface area contributed by atoms with E-state index in [0.717, 1.165) is 17.1 Å². The molecule has 1 saturated heterocycles. The van der Waals surface area contributed by atoms with Crippen LogP contribution < -0.4 is 10.1 Å². The third kappa shape index (κ3) is 3.88. The zero-order valence-electron chi connectivity index (χ0n) is 16.1. The number of ether oxygens (including phenoxy) is 1. The lowest BCUT2D eigenvalue weighted by Crippen LogP contribution is -2.56. The molecule has 2 atom stereocenters. The Morgan fingerprint density at radius 3 is 2.38 bits per heavy atom. The number of benzene rings is 1. The molecule has 2 heterocycles. The van der Waals surface area contributed by atoms with Crippen molar-refractivity contribution in [2.24, 2.45) is 0 Å². The third-order valence-corrected chi connectivity index (χ3v) is 4.39. The Kier molecular flexibility index (Phi) is 5.27. The number of nitrogens with zero attached hydrogens (tertiary/aromatic N) is 4. The SMILES string of the molecule is Cc1c(C(=O)N2C[C@@H](C)N[C@@H](C)C2)nnn1-c1ccc(OC(C)C)cc1. The number of hydrogen-bond acceptors (Lipinski definition) is 5. The molecule has 0 saturated carbocycles. The fraction of sp³-hybridized carbons (Fsp3) is 0.526. The summed E-state index contributed by atoms with van der Waals surface area (Å²) in [6.07, 6.45) is 0.127. The van der Waals surface area contributed by atoms with E-state index in [0.29, 0.717) is 18.8 Å². The first kappa shape index (κ1) is 18.4. The lowest BCUT2D eigenvalue weighted by molar-refractivity contribution is 0.0667. The van der Waals surface area contributed by atoms with Crippen LogP contribution in [0.4, 0.5) is 0 Å². The van der Waals surface area contributed by atoms with Crippen molar-refractivity contribution in [2.45, 2.75) is 52.8 Å². The van der Waals surface area contributed by atoms with E-state index < -0.39 is 0 Å². The smallest absolute Gasteiger partial charge is 0.276 e. The summed E-state index contributed by atoms with van der Waals surface area (Å²) in [7, 11) is 0. The second-order valence-electron chi connectivity index (χ2n) is 7.27. The lowest BCUT2D eigenvalue weighted by Gasteiger charge is -2.35. The topological polar surface area (TPSA) is 72.3 Å². The molecule has 1 N–H and O–H groups in total. The largest absolute Gasteiger partial charge is 0.491 e. The quantitative estimate of drug-likeness (QED) is 0.908. The van der Waals surface area contributed by atoms with Gasteiger partial charge in [0.25, 0.3) is 5.91 Å². The molecule has 1 aliphatic heterocycles. The zero-order chi connectivity index (χ0) is 18.8. The van der Waals surface area contributed by atoms with Crippen molar-refractivity contribution in [3.05, 3.63) is 35.7 Å². The van der Waals surface area contributed by atoms with Crippen LogP contribution in [0, 0.1) is 6.92 Å². The van der Waals surface area contributed by atoms with Gasteiger partial charge in [0.2, 0.25) is 0 Å². The highest BCUT2D eigenvalue weighted by Gasteiger charge is 2.28. The first-order valence-electron chi connectivity index (χ1n) is 9.10. The number of amides is 1. The van der Waals surface area contributed by atoms with Gasteiger partial charge in [-0.2, -0.15) is 0 Å². The molecule has 3 rings (SSSR count). The summed E-state index contributed by atoms with van der Waals surface area (Å²) in [6.45, 7) is 11.4. The van der Waals surface area contributed by atoms with E-state index in [1.54, 1.807) is 4.68 Å². The zero-order valence-corrected chi connectivity index (χ0v) is 16.1. The summed E-state index contributed by atoms with van der Waals surface area (Å²) in [5.41, 5.74) is 2.01. The van der Waals surface area contributed by atoms with E-state index in [-0.39, 0.29) is 24.1 Å². The Balaban J connectivity index is 1.80. The first-order chi connectivity index (χ1) is 12.3. The molecule has 140 valence electrons. The normalized spacial score (nSPS) is 20.5. The van der Waals surface area contributed by atoms with Crippen molar-refractivity contribution in [3.63, 3.8) is 0 Å². The maximum absolute atomic E-state index is 12.9. The van der Waals surface area contributed by atoms with E-state index in [1.807, 2.05) is 49.9 Å². The lowest BCUT2D eigenvalue weighted by atomic mass is 10.1. The molecular formula is C19H27N5O2. The van der Waals surface area contributed by atoms with Crippen molar-refractivity contribution < 1.29 is 9.53 Å². The highest BCUT2D eigenvalue weighted by molar-refractivity contribution is 5.93. The van der Waals surface area contributed by atoms with Crippen LogP contribution in [0.2, 0.25) is 0 Å². The van der Waals surface area contributed by atoms with Crippen LogP contribution in [0.3, 0.4) is 0 Å². The average molecular weight is 357 g/mol. The summed E-state index contributed by atoms with van der Waals surface area (Å²) in [5, 5.41) is 11.8. The van der Waals surface area contributed by atoms with E-state index in [9.17, 15) is 4.79 Å². The summed E-state index contributed by atoms with van der Waals surface area (Å²) < 4.78 is 7.36. The number of carbonyl (C=O) groups excluding carboxylic acids is 1. The van der Waals surface area contributed by atoms with Crippen molar-refractivity contribution in [2.75, 3.05) is 13.1 Å². The molecule has 1 aliphatic rings. The number of aromatic nitrogens is 3. The Morgan fingerprint density at radius 1 is 1.19 bits per heavy atom. The molecular weight excluding hydrogens is 330 g/mol. The van der Waals surface area contributed by atoms with Gasteiger partial charge < -0.3 is 15.0 Å². The molecule has 1 amide bonds. The average Bonchev–Trinajstić information content (AvgIpc) is 2.95. The van der Waals surface area contributed by atoms with E-state index >= 15 is 0 Å². The van der Waals surface area contributed by atoms with Crippen molar-refractivity contribution in [1.29, 1.82) is 0 Å². The molecule has 2 aromatic rings. The molecule has 0 radical (unpaired) electrons. The fourth-order valence-electron chi connectivity index (χ4n) is 3.35. The van der Waals surface area contributed by atoms with Gasteiger partial charge in [-0.1, -0.05) is 5.21 Å². The molecule has 0 aliphatic carbocycles. The molecule has 1 fully saturated rings. The fourth-order valence-corrected chi connectivity index (χ4v) is 3.35. The van der Waals surface area contributed by atoms with Gasteiger partial charge in [0.15, 0.2) is 5.69 Å². The molecule has 0 bridgehead atoms. The van der Waals surface area contributed by atoms with Crippen molar-refractivity contribution in [1.82, 2.24) is 25.2 Å². The van der Waals surface area contributed by atoms with E-state index in [2.05, 4.69) is 29.5 Å². The van der Waals surface area contributed by atoms with Gasteiger partial charge in [-0.3, -0.25) is 4.79 Å². The number of nitrogens with one attached hydrogen (secondary N) is 1. The minimum atomic E-state index is -0.0614. The van der Waals surface area contributed by atoms with Crippen LogP contribution >= 0.6 is 0 Å². The Hall–Kier alpha value is -2.41. The molecule has 1 aromatic heterocycles. The monoisotopic (exact) mass is 357 g/mol. The maximum atomic E-state index is 12.9. The minimum absolute atomic E-state index is 0.0614. The van der Waals surface area contributed by atoms with Gasteiger partial charge in [0.1, 0.15) is 5.75 Å². The van der Waals surface area contributed by atoms with Gasteiger partial charge >= 0.3 is 0 Å². The van der Waals surface area contributed by atoms with Gasteiger partial charge in [-0.15, -0.1) is 5.10 Å². The van der Waals surface area contributed by atoms with Crippen LogP contribution in [0.1, 0.15) is 43.9 Å². The van der Waals surface area contributed by atoms with Gasteiger partial charge in [0.05, 0.1) is 17.5 Å². The van der Waals surface area contributed by atoms with Crippen LogP contribution in [0.5, 0.6) is 5.75 Å². The molecule has 26 heavy (non-hydrogen) atoms. The Labute approximate surface area is 154 Å². The predicted molar refractivity (Wildman–Crippen MR) is 99.8 cm³/mol.